The number of halogens is 3. The number of nitrogens with two attached hydrogens (primary N) is 1. The molecule has 41 heavy (non-hydrogen) atoms. The van der Waals surface area contributed by atoms with Gasteiger partial charge in [0.1, 0.15) is 11.6 Å². The fraction of sp³-hybridized carbons (Fsp3) is 0.433. The number of carbonyl (C=O) groups is 1. The number of ether oxygens (including phenoxy) is 1. The molecular formula is C30H32F3N5O3. The molecule has 0 radical (unpaired) electrons. The van der Waals surface area contributed by atoms with Gasteiger partial charge in [-0.05, 0) is 55.9 Å². The van der Waals surface area contributed by atoms with Crippen molar-refractivity contribution in [3.05, 3.63) is 53.9 Å². The molecule has 0 bridgehead atoms. The van der Waals surface area contributed by atoms with Crippen LogP contribution in [0.1, 0.15) is 66.9 Å². The Labute approximate surface area is 234 Å². The Bertz CT molecular complexity index is 1600. The van der Waals surface area contributed by atoms with Crippen LogP contribution in [0.25, 0.3) is 33.5 Å². The smallest absolute Gasteiger partial charge is 0.405 e. The lowest BCUT2D eigenvalue weighted by atomic mass is 9.85. The van der Waals surface area contributed by atoms with Crippen molar-refractivity contribution in [2.75, 3.05) is 0 Å². The number of aromatic nitrogens is 4. The molecule has 2 aromatic carbocycles. The van der Waals surface area contributed by atoms with Gasteiger partial charge in [0.15, 0.2) is 0 Å². The molecule has 3 N–H and O–H groups in total. The van der Waals surface area contributed by atoms with Crippen molar-refractivity contribution in [2.24, 2.45) is 18.7 Å². The summed E-state index contributed by atoms with van der Waals surface area (Å²) in [6, 6.07) is 9.48. The molecule has 6 rings (SSSR count). The highest BCUT2D eigenvalue weighted by Crippen LogP contribution is 2.47. The molecule has 8 nitrogen and oxygen atoms in total. The summed E-state index contributed by atoms with van der Waals surface area (Å²) in [5.41, 5.74) is 8.47. The largest absolute Gasteiger partial charge is 0.573 e. The van der Waals surface area contributed by atoms with Crippen LogP contribution in [0.15, 0.2) is 42.6 Å². The number of aliphatic hydroxyl groups is 1. The second kappa shape index (κ2) is 10.5. The number of primary amides is 1. The second-order valence-corrected chi connectivity index (χ2v) is 11.2. The lowest BCUT2D eigenvalue weighted by Gasteiger charge is -2.26. The van der Waals surface area contributed by atoms with E-state index in [1.54, 1.807) is 11.7 Å². The van der Waals surface area contributed by atoms with Gasteiger partial charge in [0, 0.05) is 41.4 Å². The van der Waals surface area contributed by atoms with E-state index in [0.29, 0.717) is 12.2 Å². The molecule has 2 aliphatic carbocycles. The van der Waals surface area contributed by atoms with Crippen molar-refractivity contribution >= 4 is 16.8 Å². The van der Waals surface area contributed by atoms with Crippen LogP contribution < -0.4 is 10.5 Å². The molecule has 0 unspecified atom stereocenters. The number of benzene rings is 2. The number of amides is 1. The summed E-state index contributed by atoms with van der Waals surface area (Å²) in [4.78, 5) is 16.6. The van der Waals surface area contributed by atoms with E-state index in [0.717, 1.165) is 66.8 Å². The van der Waals surface area contributed by atoms with Crippen LogP contribution in [0.5, 0.6) is 5.75 Å². The maximum absolute atomic E-state index is 13.4. The van der Waals surface area contributed by atoms with Gasteiger partial charge in [-0.25, -0.2) is 4.98 Å². The minimum Gasteiger partial charge on any atom is -0.405 e. The van der Waals surface area contributed by atoms with Gasteiger partial charge in [-0.3, -0.25) is 9.48 Å². The van der Waals surface area contributed by atoms with Crippen LogP contribution in [0, 0.1) is 5.92 Å². The average molecular weight is 568 g/mol. The van der Waals surface area contributed by atoms with Gasteiger partial charge in [0.05, 0.1) is 29.4 Å². The summed E-state index contributed by atoms with van der Waals surface area (Å²) in [7, 11) is 1.78. The lowest BCUT2D eigenvalue weighted by molar-refractivity contribution is -0.274. The Morgan fingerprint density at radius 3 is 2.56 bits per heavy atom. The van der Waals surface area contributed by atoms with Gasteiger partial charge < -0.3 is 20.1 Å². The molecule has 0 aliphatic heterocycles. The summed E-state index contributed by atoms with van der Waals surface area (Å²) >= 11 is 0. The van der Waals surface area contributed by atoms with E-state index < -0.39 is 24.1 Å². The average Bonchev–Trinajstić information content (AvgIpc) is 3.59. The molecule has 2 saturated carbocycles. The molecule has 4 aromatic rings. The Morgan fingerprint density at radius 2 is 1.88 bits per heavy atom. The van der Waals surface area contributed by atoms with Gasteiger partial charge in [0.2, 0.25) is 5.91 Å². The number of imidazole rings is 1. The molecule has 1 amide bonds. The van der Waals surface area contributed by atoms with Crippen molar-refractivity contribution in [1.82, 2.24) is 19.3 Å². The number of hydrogen-bond donors (Lipinski definition) is 2. The van der Waals surface area contributed by atoms with E-state index in [4.69, 9.17) is 15.8 Å². The zero-order valence-corrected chi connectivity index (χ0v) is 22.7. The summed E-state index contributed by atoms with van der Waals surface area (Å²) in [5.74, 6) is -0.635. The maximum Gasteiger partial charge on any atom is 0.573 e. The van der Waals surface area contributed by atoms with Gasteiger partial charge in [-0.15, -0.1) is 13.2 Å². The minimum atomic E-state index is -4.97. The number of nitrogens with zero attached hydrogens (tertiary/aromatic N) is 4. The number of fused-ring (bicyclic) bond motifs is 1. The molecule has 11 heteroatoms. The van der Waals surface area contributed by atoms with Crippen LogP contribution in [0.3, 0.4) is 0 Å². The Hall–Kier alpha value is -3.86. The first-order chi connectivity index (χ1) is 19.6. The van der Waals surface area contributed by atoms with Crippen molar-refractivity contribution < 1.29 is 27.8 Å². The van der Waals surface area contributed by atoms with Gasteiger partial charge >= 0.3 is 6.36 Å². The van der Waals surface area contributed by atoms with Crippen molar-refractivity contribution in [2.45, 2.75) is 69.9 Å². The topological polar surface area (TPSA) is 108 Å². The lowest BCUT2D eigenvalue weighted by Crippen LogP contribution is -2.27. The molecular weight excluding hydrogens is 535 g/mol. The normalized spacial score (nSPS) is 17.2. The van der Waals surface area contributed by atoms with E-state index >= 15 is 0 Å². The van der Waals surface area contributed by atoms with E-state index in [1.807, 2.05) is 29.0 Å². The van der Waals surface area contributed by atoms with Crippen molar-refractivity contribution in [1.29, 1.82) is 0 Å². The van der Waals surface area contributed by atoms with Crippen molar-refractivity contribution in [3.8, 4) is 28.4 Å². The number of rotatable bonds is 8. The molecule has 0 saturated heterocycles. The van der Waals surface area contributed by atoms with Crippen molar-refractivity contribution in [3.63, 3.8) is 0 Å². The highest BCUT2D eigenvalue weighted by atomic mass is 19.4. The zero-order valence-electron chi connectivity index (χ0n) is 22.7. The quantitative estimate of drug-likeness (QED) is 0.275. The van der Waals surface area contributed by atoms with Gasteiger partial charge in [-0.2, -0.15) is 5.10 Å². The Kier molecular flexibility index (Phi) is 7.01. The third-order valence-electron chi connectivity index (χ3n) is 8.26. The SMILES string of the molecule is Cn1c(-c2ccc(C(N)=O)cc2OC(F)(F)F)nc(-c2cccc3nn(C[C@H](O)C4CCCCC4)cc23)c1C1CC1. The van der Waals surface area contributed by atoms with E-state index in [9.17, 15) is 23.1 Å². The first-order valence-electron chi connectivity index (χ1n) is 14.0. The van der Waals surface area contributed by atoms with E-state index in [1.165, 1.54) is 18.6 Å². The van der Waals surface area contributed by atoms with Crippen LogP contribution in [-0.2, 0) is 13.6 Å². The number of hydrogen-bond acceptors (Lipinski definition) is 5. The van der Waals surface area contributed by atoms with E-state index in [-0.39, 0.29) is 28.8 Å². The first kappa shape index (κ1) is 27.3. The monoisotopic (exact) mass is 567 g/mol. The fourth-order valence-corrected chi connectivity index (χ4v) is 6.10. The number of alkyl halides is 3. The molecule has 2 aromatic heterocycles. The predicted octanol–water partition coefficient (Wildman–Crippen LogP) is 5.92. The second-order valence-electron chi connectivity index (χ2n) is 11.2. The summed E-state index contributed by atoms with van der Waals surface area (Å²) in [6.45, 7) is 0.395. The predicted molar refractivity (Wildman–Crippen MR) is 147 cm³/mol. The standard InChI is InChI=1S/C30H32F3N5O3/c1-37-27(18-10-11-18)26(35-29(37)21-13-12-19(28(34)40)14-25(21)41-30(31,32)33)20-8-5-9-23-22(20)15-38(36-23)16-24(39)17-6-3-2-4-7-17/h5,8-9,12-15,17-18,24,39H,2-4,6-7,10-11,16H2,1H3,(H2,34,40)/t24-/m0/s1. The van der Waals surface area contributed by atoms with Gasteiger partial charge in [-0.1, -0.05) is 31.4 Å². The zero-order chi connectivity index (χ0) is 28.9. The number of aliphatic hydroxyl groups excluding tert-OH is 1. The molecule has 0 spiro atoms. The maximum atomic E-state index is 13.4. The Morgan fingerprint density at radius 1 is 1.12 bits per heavy atom. The molecule has 1 atom stereocenters. The summed E-state index contributed by atoms with van der Waals surface area (Å²) in [6.07, 6.45) is 3.90. The fourth-order valence-electron chi connectivity index (χ4n) is 6.10. The molecule has 2 fully saturated rings. The Balaban J connectivity index is 1.43. The molecule has 2 aliphatic rings. The highest BCUT2D eigenvalue weighted by molar-refractivity contribution is 5.96. The third kappa shape index (κ3) is 5.55. The van der Waals surface area contributed by atoms with Crippen LogP contribution in [0.4, 0.5) is 13.2 Å². The molecule has 2 heterocycles. The highest BCUT2D eigenvalue weighted by Gasteiger charge is 2.36. The minimum absolute atomic E-state index is 0.0986. The van der Waals surface area contributed by atoms with Crippen LogP contribution in [0.2, 0.25) is 0 Å². The molecule has 216 valence electrons. The summed E-state index contributed by atoms with van der Waals surface area (Å²) in [5, 5.41) is 16.5. The first-order valence-corrected chi connectivity index (χ1v) is 14.0. The van der Waals surface area contributed by atoms with Crippen LogP contribution >= 0.6 is 0 Å². The third-order valence-corrected chi connectivity index (χ3v) is 8.26. The summed E-state index contributed by atoms with van der Waals surface area (Å²) < 4.78 is 48.0. The van der Waals surface area contributed by atoms with Gasteiger partial charge in [0.25, 0.3) is 0 Å². The van der Waals surface area contributed by atoms with E-state index in [2.05, 4.69) is 4.74 Å². The van der Waals surface area contributed by atoms with Crippen LogP contribution in [-0.4, -0.2) is 42.8 Å². The number of carbonyl (C=O) groups excluding carboxylic acids is 1.